The van der Waals surface area contributed by atoms with E-state index in [2.05, 4.69) is 19.7 Å². The second kappa shape index (κ2) is 6.62. The van der Waals surface area contributed by atoms with Gasteiger partial charge in [-0.1, -0.05) is 0 Å². The molecule has 2 aromatic heterocycles. The van der Waals surface area contributed by atoms with Crippen LogP contribution in [-0.4, -0.2) is 43.6 Å². The number of fused-ring (bicyclic) bond motifs is 1. The van der Waals surface area contributed by atoms with Crippen LogP contribution in [0.1, 0.15) is 78.1 Å². The van der Waals surface area contributed by atoms with Gasteiger partial charge in [0.25, 0.3) is 11.5 Å². The molecule has 142 valence electrons. The minimum absolute atomic E-state index is 0.152. The summed E-state index contributed by atoms with van der Waals surface area (Å²) in [7, 11) is 0. The normalized spacial score (nSPS) is 20.5. The number of aromatic amines is 1. The Morgan fingerprint density at radius 2 is 1.81 bits per heavy atom. The molecule has 2 aliphatic heterocycles. The zero-order valence-electron chi connectivity index (χ0n) is 15.5. The Labute approximate surface area is 157 Å². The van der Waals surface area contributed by atoms with E-state index in [-0.39, 0.29) is 17.0 Å². The number of carbonyl (C=O) groups excluding carboxylic acids is 1. The summed E-state index contributed by atoms with van der Waals surface area (Å²) in [5.74, 6) is 2.87. The van der Waals surface area contributed by atoms with Crippen LogP contribution in [0.3, 0.4) is 0 Å². The van der Waals surface area contributed by atoms with Crippen molar-refractivity contribution < 1.29 is 4.79 Å². The average Bonchev–Trinajstić information content (AvgIpc) is 3.47. The minimum atomic E-state index is -0.252. The van der Waals surface area contributed by atoms with Gasteiger partial charge in [0.1, 0.15) is 17.2 Å². The third-order valence-electron chi connectivity index (χ3n) is 6.22. The van der Waals surface area contributed by atoms with E-state index in [0.717, 1.165) is 56.0 Å². The van der Waals surface area contributed by atoms with Crippen LogP contribution in [0.2, 0.25) is 0 Å². The second-order valence-electron chi connectivity index (χ2n) is 8.08. The molecule has 2 aromatic rings. The van der Waals surface area contributed by atoms with E-state index in [1.54, 1.807) is 6.07 Å². The van der Waals surface area contributed by atoms with Crippen molar-refractivity contribution in [3.05, 3.63) is 45.4 Å². The number of carbonyl (C=O) groups is 1. The number of pyridine rings is 1. The molecule has 0 atom stereocenters. The maximum Gasteiger partial charge on any atom is 0.261 e. The topological polar surface area (TPSA) is 83.9 Å². The summed E-state index contributed by atoms with van der Waals surface area (Å²) in [5, 5.41) is 8.81. The molecule has 1 saturated carbocycles. The lowest BCUT2D eigenvalue weighted by Crippen LogP contribution is -2.40. The smallest absolute Gasteiger partial charge is 0.261 e. The number of rotatable bonds is 3. The Morgan fingerprint density at radius 3 is 2.56 bits per heavy atom. The van der Waals surface area contributed by atoms with E-state index in [4.69, 9.17) is 0 Å². The first-order valence-corrected chi connectivity index (χ1v) is 10.1. The van der Waals surface area contributed by atoms with Crippen molar-refractivity contribution in [3.8, 4) is 0 Å². The molecule has 1 N–H and O–H groups in total. The van der Waals surface area contributed by atoms with Crippen molar-refractivity contribution in [2.24, 2.45) is 0 Å². The van der Waals surface area contributed by atoms with Crippen molar-refractivity contribution in [3.63, 3.8) is 0 Å². The first-order valence-electron chi connectivity index (χ1n) is 10.1. The van der Waals surface area contributed by atoms with Crippen LogP contribution in [0.5, 0.6) is 0 Å². The van der Waals surface area contributed by atoms with Gasteiger partial charge in [0.2, 0.25) is 0 Å². The summed E-state index contributed by atoms with van der Waals surface area (Å²) in [4.78, 5) is 29.9. The molecule has 0 bridgehead atoms. The molecule has 0 aromatic carbocycles. The number of hydrogen-bond acceptors (Lipinski definition) is 4. The highest BCUT2D eigenvalue weighted by Gasteiger charge is 2.30. The van der Waals surface area contributed by atoms with Crippen molar-refractivity contribution in [1.82, 2.24) is 24.6 Å². The zero-order chi connectivity index (χ0) is 18.4. The summed E-state index contributed by atoms with van der Waals surface area (Å²) in [6.45, 7) is 2.34. The standard InChI is InChI=1S/C20H25N5O2/c26-19-15(6-7-16(21-19)13-4-5-13)20(27)24-11-8-14(9-12-24)18-23-22-17-3-1-2-10-25(17)18/h6-7,13-14H,1-5,8-12H2,(H,21,26). The van der Waals surface area contributed by atoms with E-state index in [9.17, 15) is 9.59 Å². The maximum absolute atomic E-state index is 12.8. The fourth-order valence-corrected chi connectivity index (χ4v) is 4.43. The van der Waals surface area contributed by atoms with E-state index in [1.807, 2.05) is 11.0 Å². The highest BCUT2D eigenvalue weighted by molar-refractivity contribution is 5.93. The van der Waals surface area contributed by atoms with Gasteiger partial charge < -0.3 is 14.5 Å². The zero-order valence-corrected chi connectivity index (χ0v) is 15.5. The molecular weight excluding hydrogens is 342 g/mol. The molecular formula is C20H25N5O2. The first-order chi connectivity index (χ1) is 13.2. The molecule has 2 fully saturated rings. The molecule has 27 heavy (non-hydrogen) atoms. The van der Waals surface area contributed by atoms with Crippen LogP contribution in [0.4, 0.5) is 0 Å². The Hall–Kier alpha value is -2.44. The Balaban J connectivity index is 1.27. The Bertz CT molecular complexity index is 919. The van der Waals surface area contributed by atoms with Crippen molar-refractivity contribution in [2.45, 2.75) is 63.3 Å². The number of aryl methyl sites for hydroxylation is 1. The summed E-state index contributed by atoms with van der Waals surface area (Å²) >= 11 is 0. The lowest BCUT2D eigenvalue weighted by atomic mass is 9.95. The van der Waals surface area contributed by atoms with Crippen LogP contribution in [0, 0.1) is 0 Å². The maximum atomic E-state index is 12.8. The van der Waals surface area contributed by atoms with Gasteiger partial charge in [-0.15, -0.1) is 10.2 Å². The van der Waals surface area contributed by atoms with Gasteiger partial charge in [-0.3, -0.25) is 9.59 Å². The summed E-state index contributed by atoms with van der Waals surface area (Å²) in [6, 6.07) is 3.61. The first kappa shape index (κ1) is 16.7. The molecule has 1 saturated heterocycles. The number of H-pyrrole nitrogens is 1. The molecule has 0 radical (unpaired) electrons. The van der Waals surface area contributed by atoms with Crippen LogP contribution < -0.4 is 5.56 Å². The lowest BCUT2D eigenvalue weighted by molar-refractivity contribution is 0.0708. The SMILES string of the molecule is O=C(c1ccc(C2CC2)[nH]c1=O)N1CCC(c2nnc3n2CCCC3)CC1. The van der Waals surface area contributed by atoms with Gasteiger partial charge in [-0.05, 0) is 56.6 Å². The fourth-order valence-electron chi connectivity index (χ4n) is 4.43. The molecule has 0 unspecified atom stereocenters. The third kappa shape index (κ3) is 3.09. The summed E-state index contributed by atoms with van der Waals surface area (Å²) in [5.41, 5.74) is 0.975. The largest absolute Gasteiger partial charge is 0.338 e. The van der Waals surface area contributed by atoms with Gasteiger partial charge >= 0.3 is 0 Å². The molecule has 4 heterocycles. The highest BCUT2D eigenvalue weighted by atomic mass is 16.2. The minimum Gasteiger partial charge on any atom is -0.338 e. The third-order valence-corrected chi connectivity index (χ3v) is 6.22. The van der Waals surface area contributed by atoms with Gasteiger partial charge in [0.15, 0.2) is 0 Å². The number of hydrogen-bond donors (Lipinski definition) is 1. The number of aromatic nitrogens is 4. The summed E-state index contributed by atoms with van der Waals surface area (Å²) in [6.07, 6.45) is 7.41. The van der Waals surface area contributed by atoms with E-state index in [0.29, 0.717) is 24.9 Å². The molecule has 0 spiro atoms. The van der Waals surface area contributed by atoms with Gasteiger partial charge in [0.05, 0.1) is 0 Å². The molecule has 7 nitrogen and oxygen atoms in total. The number of amides is 1. The molecule has 3 aliphatic rings. The molecule has 5 rings (SSSR count). The lowest BCUT2D eigenvalue weighted by Gasteiger charge is -2.32. The molecule has 1 aliphatic carbocycles. The number of likely N-dealkylation sites (tertiary alicyclic amines) is 1. The fraction of sp³-hybridized carbons (Fsp3) is 0.600. The Morgan fingerprint density at radius 1 is 1.00 bits per heavy atom. The van der Waals surface area contributed by atoms with Crippen LogP contribution in [0.15, 0.2) is 16.9 Å². The predicted molar refractivity (Wildman–Crippen MR) is 99.9 cm³/mol. The number of nitrogens with zero attached hydrogens (tertiary/aromatic N) is 4. The Kier molecular flexibility index (Phi) is 4.10. The monoisotopic (exact) mass is 367 g/mol. The van der Waals surface area contributed by atoms with Crippen molar-refractivity contribution in [1.29, 1.82) is 0 Å². The highest BCUT2D eigenvalue weighted by Crippen LogP contribution is 2.38. The van der Waals surface area contributed by atoms with Gasteiger partial charge in [-0.25, -0.2) is 0 Å². The van der Waals surface area contributed by atoms with Crippen LogP contribution in [-0.2, 0) is 13.0 Å². The van der Waals surface area contributed by atoms with Crippen LogP contribution in [0.25, 0.3) is 0 Å². The van der Waals surface area contributed by atoms with Gasteiger partial charge in [0, 0.05) is 37.7 Å². The quantitative estimate of drug-likeness (QED) is 0.901. The number of nitrogens with one attached hydrogen (secondary N) is 1. The van der Waals surface area contributed by atoms with Gasteiger partial charge in [-0.2, -0.15) is 0 Å². The molecule has 7 heteroatoms. The van der Waals surface area contributed by atoms with E-state index in [1.165, 1.54) is 12.8 Å². The number of piperidine rings is 1. The van der Waals surface area contributed by atoms with E-state index >= 15 is 0 Å². The van der Waals surface area contributed by atoms with Crippen molar-refractivity contribution >= 4 is 5.91 Å². The van der Waals surface area contributed by atoms with Crippen molar-refractivity contribution in [2.75, 3.05) is 13.1 Å². The van der Waals surface area contributed by atoms with E-state index < -0.39 is 0 Å². The molecule has 1 amide bonds. The van der Waals surface area contributed by atoms with Crippen LogP contribution >= 0.6 is 0 Å². The second-order valence-corrected chi connectivity index (χ2v) is 8.08. The summed E-state index contributed by atoms with van der Waals surface area (Å²) < 4.78 is 2.28. The average molecular weight is 367 g/mol. The predicted octanol–water partition coefficient (Wildman–Crippen LogP) is 2.20.